The molecule has 1 saturated heterocycles. The standard InChI is InChI=1S/C16H20N6O/c1-12(23)20-10-13-4-5-19-16(21-13)15-3-2-8-22(15)11-14-9-17-6-7-18-14/h4-7,9,15H,2-3,8,10-11H2,1H3,(H,20,23)/t15-/m1/s1. The molecule has 3 heterocycles. The quantitative estimate of drug-likeness (QED) is 0.894. The zero-order valence-corrected chi connectivity index (χ0v) is 13.1. The second kappa shape index (κ2) is 7.23. The summed E-state index contributed by atoms with van der Waals surface area (Å²) in [4.78, 5) is 30.9. The average molecular weight is 312 g/mol. The maximum absolute atomic E-state index is 11.0. The number of nitrogens with zero attached hydrogens (tertiary/aromatic N) is 5. The number of carbonyl (C=O) groups excluding carboxylic acids is 1. The normalized spacial score (nSPS) is 18.0. The summed E-state index contributed by atoms with van der Waals surface area (Å²) in [6, 6.07) is 2.02. The first-order valence-corrected chi connectivity index (χ1v) is 7.77. The molecule has 1 aliphatic rings. The number of nitrogens with one attached hydrogen (secondary N) is 1. The predicted molar refractivity (Wildman–Crippen MR) is 84.0 cm³/mol. The van der Waals surface area contributed by atoms with Crippen LogP contribution in [-0.2, 0) is 17.9 Å². The van der Waals surface area contributed by atoms with Gasteiger partial charge in [-0.15, -0.1) is 0 Å². The summed E-state index contributed by atoms with van der Waals surface area (Å²) in [7, 11) is 0. The monoisotopic (exact) mass is 312 g/mol. The highest BCUT2D eigenvalue weighted by Crippen LogP contribution is 2.30. The van der Waals surface area contributed by atoms with E-state index < -0.39 is 0 Å². The van der Waals surface area contributed by atoms with Gasteiger partial charge in [0.1, 0.15) is 5.82 Å². The number of likely N-dealkylation sites (tertiary alicyclic amines) is 1. The van der Waals surface area contributed by atoms with Gasteiger partial charge >= 0.3 is 0 Å². The van der Waals surface area contributed by atoms with Crippen LogP contribution < -0.4 is 5.32 Å². The molecule has 120 valence electrons. The van der Waals surface area contributed by atoms with E-state index in [4.69, 9.17) is 0 Å². The van der Waals surface area contributed by atoms with E-state index in [1.54, 1.807) is 24.8 Å². The Morgan fingerprint density at radius 3 is 3.00 bits per heavy atom. The molecule has 0 saturated carbocycles. The molecular weight excluding hydrogens is 292 g/mol. The lowest BCUT2D eigenvalue weighted by Crippen LogP contribution is -2.26. The van der Waals surface area contributed by atoms with Gasteiger partial charge in [-0.3, -0.25) is 19.7 Å². The first-order valence-electron chi connectivity index (χ1n) is 7.77. The van der Waals surface area contributed by atoms with E-state index in [1.807, 2.05) is 6.07 Å². The molecule has 0 aromatic carbocycles. The molecule has 23 heavy (non-hydrogen) atoms. The van der Waals surface area contributed by atoms with E-state index in [0.29, 0.717) is 6.54 Å². The van der Waals surface area contributed by atoms with Crippen LogP contribution in [0.15, 0.2) is 30.9 Å². The van der Waals surface area contributed by atoms with E-state index in [1.165, 1.54) is 6.92 Å². The van der Waals surface area contributed by atoms with Crippen LogP contribution in [0, 0.1) is 0 Å². The lowest BCUT2D eigenvalue weighted by molar-refractivity contribution is -0.119. The van der Waals surface area contributed by atoms with Crippen LogP contribution in [0.1, 0.15) is 43.0 Å². The van der Waals surface area contributed by atoms with Crippen molar-refractivity contribution in [1.82, 2.24) is 30.2 Å². The Morgan fingerprint density at radius 2 is 2.22 bits per heavy atom. The lowest BCUT2D eigenvalue weighted by Gasteiger charge is -2.23. The molecule has 1 amide bonds. The van der Waals surface area contributed by atoms with Crippen molar-refractivity contribution in [2.45, 2.75) is 38.9 Å². The van der Waals surface area contributed by atoms with Gasteiger partial charge in [0.2, 0.25) is 5.91 Å². The zero-order chi connectivity index (χ0) is 16.1. The van der Waals surface area contributed by atoms with Crippen molar-refractivity contribution in [3.05, 3.63) is 48.1 Å². The van der Waals surface area contributed by atoms with E-state index in [-0.39, 0.29) is 11.9 Å². The average Bonchev–Trinajstić information content (AvgIpc) is 3.02. The molecule has 0 aliphatic carbocycles. The molecule has 0 spiro atoms. The van der Waals surface area contributed by atoms with Gasteiger partial charge < -0.3 is 5.32 Å². The van der Waals surface area contributed by atoms with Crippen LogP contribution in [0.25, 0.3) is 0 Å². The number of aromatic nitrogens is 4. The number of hydrogen-bond donors (Lipinski definition) is 1. The second-order valence-electron chi connectivity index (χ2n) is 5.64. The van der Waals surface area contributed by atoms with Gasteiger partial charge in [-0.2, -0.15) is 0 Å². The highest BCUT2D eigenvalue weighted by molar-refractivity contribution is 5.72. The smallest absolute Gasteiger partial charge is 0.217 e. The third kappa shape index (κ3) is 4.07. The lowest BCUT2D eigenvalue weighted by atomic mass is 10.2. The van der Waals surface area contributed by atoms with Crippen molar-refractivity contribution >= 4 is 5.91 Å². The number of amides is 1. The minimum atomic E-state index is -0.0599. The van der Waals surface area contributed by atoms with E-state index in [9.17, 15) is 4.79 Å². The summed E-state index contributed by atoms with van der Waals surface area (Å²) in [5.41, 5.74) is 1.78. The van der Waals surface area contributed by atoms with Gasteiger partial charge in [0, 0.05) is 38.3 Å². The van der Waals surface area contributed by atoms with Crippen molar-refractivity contribution in [1.29, 1.82) is 0 Å². The summed E-state index contributed by atoms with van der Waals surface area (Å²) in [6.07, 6.45) is 9.10. The summed E-state index contributed by atoms with van der Waals surface area (Å²) < 4.78 is 0. The molecule has 1 N–H and O–H groups in total. The van der Waals surface area contributed by atoms with Gasteiger partial charge in [-0.25, -0.2) is 9.97 Å². The molecular formula is C16H20N6O. The molecule has 3 rings (SSSR count). The fourth-order valence-corrected chi connectivity index (χ4v) is 2.81. The van der Waals surface area contributed by atoms with Crippen LogP contribution in [0.4, 0.5) is 0 Å². The van der Waals surface area contributed by atoms with Gasteiger partial charge in [-0.1, -0.05) is 0 Å². The van der Waals surface area contributed by atoms with E-state index in [0.717, 1.165) is 43.1 Å². The maximum Gasteiger partial charge on any atom is 0.217 e. The van der Waals surface area contributed by atoms with Crippen LogP contribution in [0.5, 0.6) is 0 Å². The molecule has 2 aromatic heterocycles. The summed E-state index contributed by atoms with van der Waals surface area (Å²) >= 11 is 0. The van der Waals surface area contributed by atoms with Crippen LogP contribution >= 0.6 is 0 Å². The van der Waals surface area contributed by atoms with Crippen LogP contribution in [0.3, 0.4) is 0 Å². The summed E-state index contributed by atoms with van der Waals surface area (Å²) in [5, 5.41) is 2.77. The number of carbonyl (C=O) groups is 1. The molecule has 0 bridgehead atoms. The highest BCUT2D eigenvalue weighted by Gasteiger charge is 2.28. The summed E-state index contributed by atoms with van der Waals surface area (Å²) in [5.74, 6) is 0.754. The summed E-state index contributed by atoms with van der Waals surface area (Å²) in [6.45, 7) is 3.68. The molecule has 7 nitrogen and oxygen atoms in total. The minimum absolute atomic E-state index is 0.0599. The van der Waals surface area contributed by atoms with Gasteiger partial charge in [0.25, 0.3) is 0 Å². The Balaban J connectivity index is 1.72. The van der Waals surface area contributed by atoms with E-state index >= 15 is 0 Å². The third-order valence-electron chi connectivity index (χ3n) is 3.89. The van der Waals surface area contributed by atoms with Crippen LogP contribution in [-0.4, -0.2) is 37.3 Å². The minimum Gasteiger partial charge on any atom is -0.351 e. The largest absolute Gasteiger partial charge is 0.351 e. The molecule has 7 heteroatoms. The van der Waals surface area contributed by atoms with Crippen molar-refractivity contribution in [3.63, 3.8) is 0 Å². The number of rotatable bonds is 5. The molecule has 1 aliphatic heterocycles. The Hall–Kier alpha value is -2.41. The molecule has 1 fully saturated rings. The van der Waals surface area contributed by atoms with Crippen LogP contribution in [0.2, 0.25) is 0 Å². The zero-order valence-electron chi connectivity index (χ0n) is 13.1. The Kier molecular flexibility index (Phi) is 4.87. The first kappa shape index (κ1) is 15.5. The SMILES string of the molecule is CC(=O)NCc1ccnc([C@H]2CCCN2Cc2cnccn2)n1. The molecule has 0 radical (unpaired) electrons. The fraction of sp³-hybridized carbons (Fsp3) is 0.438. The van der Waals surface area contributed by atoms with Crippen molar-refractivity contribution in [2.75, 3.05) is 6.54 Å². The molecule has 2 aromatic rings. The predicted octanol–water partition coefficient (Wildman–Crippen LogP) is 1.24. The molecule has 0 unspecified atom stereocenters. The van der Waals surface area contributed by atoms with Crippen molar-refractivity contribution < 1.29 is 4.79 Å². The van der Waals surface area contributed by atoms with Crippen molar-refractivity contribution in [2.24, 2.45) is 0 Å². The Morgan fingerprint density at radius 1 is 1.30 bits per heavy atom. The highest BCUT2D eigenvalue weighted by atomic mass is 16.1. The third-order valence-corrected chi connectivity index (χ3v) is 3.89. The van der Waals surface area contributed by atoms with Gasteiger partial charge in [0.05, 0.1) is 24.0 Å². The van der Waals surface area contributed by atoms with Gasteiger partial charge in [0.15, 0.2) is 0 Å². The fourth-order valence-electron chi connectivity index (χ4n) is 2.81. The maximum atomic E-state index is 11.0. The van der Waals surface area contributed by atoms with Gasteiger partial charge in [-0.05, 0) is 25.5 Å². The Labute approximate surface area is 135 Å². The topological polar surface area (TPSA) is 83.9 Å². The Bertz CT molecular complexity index is 663. The second-order valence-corrected chi connectivity index (χ2v) is 5.64. The van der Waals surface area contributed by atoms with Crippen molar-refractivity contribution in [3.8, 4) is 0 Å². The number of hydrogen-bond acceptors (Lipinski definition) is 6. The molecule has 1 atom stereocenters. The van der Waals surface area contributed by atoms with E-state index in [2.05, 4.69) is 30.2 Å². The first-order chi connectivity index (χ1) is 11.2.